The minimum absolute atomic E-state index is 0.0318. The van der Waals surface area contributed by atoms with E-state index >= 15 is 0 Å². The molecule has 1 aliphatic heterocycles. The van der Waals surface area contributed by atoms with Crippen LogP contribution in [0.15, 0.2) is 31.1 Å². The van der Waals surface area contributed by atoms with Crippen molar-refractivity contribution < 1.29 is 4.79 Å². The summed E-state index contributed by atoms with van der Waals surface area (Å²) in [7, 11) is 0. The van der Waals surface area contributed by atoms with E-state index in [2.05, 4.69) is 40.2 Å². The van der Waals surface area contributed by atoms with Gasteiger partial charge in [-0.15, -0.1) is 0 Å². The smallest absolute Gasteiger partial charge is 0.229 e. The Labute approximate surface area is 162 Å². The molecule has 1 N–H and O–H groups in total. The van der Waals surface area contributed by atoms with Gasteiger partial charge in [-0.3, -0.25) is 10.1 Å². The standard InChI is InChI=1S/C18H21N9O/c1-12-7-13(2)24-18(23-12)25-17(28)14-3-5-26(6-4-14)15-8-16(21-10-20-15)27-11-19-9-22-27/h7-11,14H,3-6H2,1-2H3,(H,23,24,25,28). The quantitative estimate of drug-likeness (QED) is 0.722. The topological polar surface area (TPSA) is 115 Å². The van der Waals surface area contributed by atoms with Crippen LogP contribution in [-0.4, -0.2) is 53.7 Å². The molecule has 0 spiro atoms. The summed E-state index contributed by atoms with van der Waals surface area (Å²) in [6.45, 7) is 5.25. The number of hydrogen-bond donors (Lipinski definition) is 1. The summed E-state index contributed by atoms with van der Waals surface area (Å²) in [5, 5.41) is 6.94. The molecule has 0 aromatic carbocycles. The number of amides is 1. The maximum absolute atomic E-state index is 12.6. The van der Waals surface area contributed by atoms with E-state index in [9.17, 15) is 4.79 Å². The number of aryl methyl sites for hydroxylation is 2. The van der Waals surface area contributed by atoms with Crippen LogP contribution < -0.4 is 10.2 Å². The van der Waals surface area contributed by atoms with Crippen LogP contribution >= 0.6 is 0 Å². The Morgan fingerprint density at radius 1 is 1.04 bits per heavy atom. The monoisotopic (exact) mass is 379 g/mol. The third-order valence-electron chi connectivity index (χ3n) is 4.70. The fourth-order valence-corrected chi connectivity index (χ4v) is 3.33. The molecule has 3 aromatic heterocycles. The Hall–Kier alpha value is -3.43. The van der Waals surface area contributed by atoms with Crippen molar-refractivity contribution in [3.8, 4) is 5.82 Å². The molecular formula is C18H21N9O. The van der Waals surface area contributed by atoms with E-state index in [0.717, 1.165) is 43.1 Å². The van der Waals surface area contributed by atoms with Gasteiger partial charge in [0.1, 0.15) is 24.8 Å². The first-order chi connectivity index (χ1) is 13.6. The fourth-order valence-electron chi connectivity index (χ4n) is 3.33. The zero-order valence-electron chi connectivity index (χ0n) is 15.8. The lowest BCUT2D eigenvalue weighted by atomic mass is 9.96. The third kappa shape index (κ3) is 3.95. The SMILES string of the molecule is Cc1cc(C)nc(NC(=O)C2CCN(c3cc(-n4cncn4)ncn3)CC2)n1. The highest BCUT2D eigenvalue weighted by molar-refractivity contribution is 5.91. The number of rotatable bonds is 4. The van der Waals surface area contributed by atoms with Crippen molar-refractivity contribution in [2.75, 3.05) is 23.3 Å². The van der Waals surface area contributed by atoms with Crippen LogP contribution in [0.1, 0.15) is 24.2 Å². The first-order valence-electron chi connectivity index (χ1n) is 9.13. The maximum atomic E-state index is 12.6. The van der Waals surface area contributed by atoms with Crippen molar-refractivity contribution in [1.29, 1.82) is 0 Å². The molecule has 1 fully saturated rings. The van der Waals surface area contributed by atoms with E-state index in [1.54, 1.807) is 11.0 Å². The molecule has 3 aromatic rings. The van der Waals surface area contributed by atoms with E-state index in [0.29, 0.717) is 11.8 Å². The van der Waals surface area contributed by atoms with Gasteiger partial charge in [-0.25, -0.2) is 29.6 Å². The molecule has 28 heavy (non-hydrogen) atoms. The van der Waals surface area contributed by atoms with Crippen molar-refractivity contribution in [3.63, 3.8) is 0 Å². The second-order valence-corrected chi connectivity index (χ2v) is 6.80. The minimum atomic E-state index is -0.0720. The Bertz CT molecular complexity index is 945. The van der Waals surface area contributed by atoms with E-state index in [1.165, 1.54) is 12.7 Å². The zero-order chi connectivity index (χ0) is 19.5. The van der Waals surface area contributed by atoms with Crippen LogP contribution in [0.5, 0.6) is 0 Å². The molecule has 1 saturated heterocycles. The molecule has 0 aliphatic carbocycles. The highest BCUT2D eigenvalue weighted by Crippen LogP contribution is 2.23. The second-order valence-electron chi connectivity index (χ2n) is 6.80. The number of carbonyl (C=O) groups is 1. The number of anilines is 2. The van der Waals surface area contributed by atoms with Gasteiger partial charge in [-0.2, -0.15) is 5.10 Å². The van der Waals surface area contributed by atoms with Gasteiger partial charge in [-0.1, -0.05) is 0 Å². The van der Waals surface area contributed by atoms with Crippen molar-refractivity contribution in [3.05, 3.63) is 42.5 Å². The molecule has 144 valence electrons. The molecule has 0 radical (unpaired) electrons. The van der Waals surface area contributed by atoms with Crippen LogP contribution in [0.4, 0.5) is 11.8 Å². The molecule has 10 nitrogen and oxygen atoms in total. The molecule has 1 aliphatic rings. The van der Waals surface area contributed by atoms with Crippen LogP contribution in [0.25, 0.3) is 5.82 Å². The van der Waals surface area contributed by atoms with Gasteiger partial charge in [-0.05, 0) is 32.8 Å². The Morgan fingerprint density at radius 3 is 2.43 bits per heavy atom. The lowest BCUT2D eigenvalue weighted by Gasteiger charge is -2.32. The van der Waals surface area contributed by atoms with Gasteiger partial charge >= 0.3 is 0 Å². The lowest BCUT2D eigenvalue weighted by molar-refractivity contribution is -0.120. The largest absolute Gasteiger partial charge is 0.356 e. The predicted molar refractivity (Wildman–Crippen MR) is 102 cm³/mol. The van der Waals surface area contributed by atoms with E-state index in [-0.39, 0.29) is 11.8 Å². The number of aromatic nitrogens is 7. The molecule has 10 heteroatoms. The zero-order valence-corrected chi connectivity index (χ0v) is 15.8. The van der Waals surface area contributed by atoms with Crippen LogP contribution in [-0.2, 0) is 4.79 Å². The predicted octanol–water partition coefficient (Wildman–Crippen LogP) is 1.32. The van der Waals surface area contributed by atoms with Crippen molar-refractivity contribution in [1.82, 2.24) is 34.7 Å². The number of nitrogens with zero attached hydrogens (tertiary/aromatic N) is 8. The molecule has 4 heterocycles. The van der Waals surface area contributed by atoms with E-state index < -0.39 is 0 Å². The fraction of sp³-hybridized carbons (Fsp3) is 0.389. The average molecular weight is 379 g/mol. The van der Waals surface area contributed by atoms with Gasteiger partial charge in [0, 0.05) is 36.5 Å². The first-order valence-corrected chi connectivity index (χ1v) is 9.13. The van der Waals surface area contributed by atoms with Gasteiger partial charge < -0.3 is 4.90 Å². The lowest BCUT2D eigenvalue weighted by Crippen LogP contribution is -2.38. The van der Waals surface area contributed by atoms with E-state index in [1.807, 2.05) is 26.0 Å². The van der Waals surface area contributed by atoms with Gasteiger partial charge in [0.25, 0.3) is 0 Å². The van der Waals surface area contributed by atoms with Crippen LogP contribution in [0.3, 0.4) is 0 Å². The molecule has 0 atom stereocenters. The third-order valence-corrected chi connectivity index (χ3v) is 4.70. The van der Waals surface area contributed by atoms with Gasteiger partial charge in [0.05, 0.1) is 0 Å². The number of carbonyl (C=O) groups excluding carboxylic acids is 1. The summed E-state index contributed by atoms with van der Waals surface area (Å²) in [6.07, 6.45) is 6.05. The minimum Gasteiger partial charge on any atom is -0.356 e. The van der Waals surface area contributed by atoms with Crippen molar-refractivity contribution in [2.24, 2.45) is 5.92 Å². The van der Waals surface area contributed by atoms with Crippen molar-refractivity contribution >= 4 is 17.7 Å². The van der Waals surface area contributed by atoms with Gasteiger partial charge in [0.15, 0.2) is 5.82 Å². The molecular weight excluding hydrogens is 358 g/mol. The summed E-state index contributed by atoms with van der Waals surface area (Å²) >= 11 is 0. The highest BCUT2D eigenvalue weighted by Gasteiger charge is 2.26. The second kappa shape index (κ2) is 7.67. The van der Waals surface area contributed by atoms with Crippen LogP contribution in [0, 0.1) is 19.8 Å². The number of hydrogen-bond acceptors (Lipinski definition) is 8. The maximum Gasteiger partial charge on any atom is 0.229 e. The molecule has 0 saturated carbocycles. The average Bonchev–Trinajstić information content (AvgIpc) is 3.22. The summed E-state index contributed by atoms with van der Waals surface area (Å²) < 4.78 is 1.59. The summed E-state index contributed by atoms with van der Waals surface area (Å²) in [6, 6.07) is 3.75. The van der Waals surface area contributed by atoms with Gasteiger partial charge in [0.2, 0.25) is 11.9 Å². The Balaban J connectivity index is 1.38. The molecule has 0 bridgehead atoms. The Morgan fingerprint density at radius 2 is 1.75 bits per heavy atom. The molecule has 4 rings (SSSR count). The van der Waals surface area contributed by atoms with Crippen molar-refractivity contribution in [2.45, 2.75) is 26.7 Å². The highest BCUT2D eigenvalue weighted by atomic mass is 16.2. The summed E-state index contributed by atoms with van der Waals surface area (Å²) in [5.41, 5.74) is 1.68. The normalized spacial score (nSPS) is 14.9. The summed E-state index contributed by atoms with van der Waals surface area (Å²) in [4.78, 5) is 35.8. The molecule has 1 amide bonds. The first kappa shape index (κ1) is 18.0. The molecule has 0 unspecified atom stereocenters. The Kier molecular flexibility index (Phi) is 4.92. The van der Waals surface area contributed by atoms with Crippen LogP contribution in [0.2, 0.25) is 0 Å². The number of nitrogens with one attached hydrogen (secondary N) is 1. The van der Waals surface area contributed by atoms with E-state index in [4.69, 9.17) is 0 Å². The summed E-state index contributed by atoms with van der Waals surface area (Å²) in [5.74, 6) is 1.75. The number of piperidine rings is 1.